The van der Waals surface area contributed by atoms with Crippen LogP contribution in [0.4, 0.5) is 0 Å². The fraction of sp³-hybridized carbons (Fsp3) is 0.520. The van der Waals surface area contributed by atoms with Crippen molar-refractivity contribution in [3.8, 4) is 0 Å². The van der Waals surface area contributed by atoms with E-state index in [9.17, 15) is 4.79 Å². The summed E-state index contributed by atoms with van der Waals surface area (Å²) in [6.07, 6.45) is 6.90. The maximum absolute atomic E-state index is 12.5. The summed E-state index contributed by atoms with van der Waals surface area (Å²) in [4.78, 5) is 21.1. The smallest absolute Gasteiger partial charge is 0.234 e. The summed E-state index contributed by atoms with van der Waals surface area (Å²) in [5.74, 6) is 0.794. The lowest BCUT2D eigenvalue weighted by Crippen LogP contribution is -2.49. The minimum absolute atomic E-state index is 0.108. The van der Waals surface area contributed by atoms with Crippen LogP contribution < -0.4 is 5.32 Å². The van der Waals surface area contributed by atoms with Gasteiger partial charge in [0, 0.05) is 38.1 Å². The molecule has 1 aliphatic rings. The van der Waals surface area contributed by atoms with Crippen molar-refractivity contribution < 1.29 is 4.79 Å². The minimum Gasteiger partial charge on any atom is -0.351 e. The number of likely N-dealkylation sites (tertiary alicyclic amines) is 1. The molecule has 1 atom stereocenters. The molecule has 0 radical (unpaired) electrons. The van der Waals surface area contributed by atoms with Gasteiger partial charge in [-0.05, 0) is 67.6 Å². The van der Waals surface area contributed by atoms with Crippen molar-refractivity contribution in [2.24, 2.45) is 5.92 Å². The van der Waals surface area contributed by atoms with Gasteiger partial charge in [-0.2, -0.15) is 0 Å². The predicted octanol–water partition coefficient (Wildman–Crippen LogP) is 3.49. The van der Waals surface area contributed by atoms with E-state index in [1.54, 1.807) is 12.4 Å². The Bertz CT molecular complexity index is 775. The number of carbonyl (C=O) groups excluding carboxylic acids is 1. The van der Waals surface area contributed by atoms with E-state index in [-0.39, 0.29) is 11.9 Å². The highest BCUT2D eigenvalue weighted by atomic mass is 16.2. The number of nitrogens with one attached hydrogen (secondary N) is 1. The quantitative estimate of drug-likeness (QED) is 0.690. The summed E-state index contributed by atoms with van der Waals surface area (Å²) in [6, 6.07) is 13.3. The summed E-state index contributed by atoms with van der Waals surface area (Å²) in [6.45, 7) is 8.65. The number of amides is 1. The maximum atomic E-state index is 12.5. The van der Waals surface area contributed by atoms with Gasteiger partial charge in [0.15, 0.2) is 0 Å². The number of hydrogen-bond donors (Lipinski definition) is 1. The fourth-order valence-corrected chi connectivity index (χ4v) is 4.20. The van der Waals surface area contributed by atoms with Crippen LogP contribution in [0.5, 0.6) is 0 Å². The zero-order chi connectivity index (χ0) is 21.3. The normalized spacial score (nSPS) is 17.4. The zero-order valence-electron chi connectivity index (χ0n) is 18.7. The third-order valence-electron chi connectivity index (χ3n) is 5.56. The van der Waals surface area contributed by atoms with Crippen molar-refractivity contribution in [2.75, 3.05) is 26.7 Å². The number of nitrogens with zero attached hydrogens (tertiary/aromatic N) is 3. The maximum Gasteiger partial charge on any atom is 0.234 e. The van der Waals surface area contributed by atoms with Gasteiger partial charge in [0.1, 0.15) is 0 Å². The van der Waals surface area contributed by atoms with Crippen LogP contribution in [0.2, 0.25) is 0 Å². The number of aromatic nitrogens is 1. The lowest BCUT2D eigenvalue weighted by atomic mass is 10.0. The van der Waals surface area contributed by atoms with E-state index in [4.69, 9.17) is 0 Å². The van der Waals surface area contributed by atoms with E-state index < -0.39 is 0 Å². The van der Waals surface area contributed by atoms with E-state index >= 15 is 0 Å². The molecule has 162 valence electrons. The molecule has 1 aliphatic heterocycles. The average molecular weight is 409 g/mol. The largest absolute Gasteiger partial charge is 0.351 e. The summed E-state index contributed by atoms with van der Waals surface area (Å²) >= 11 is 0. The number of rotatable bonds is 9. The summed E-state index contributed by atoms with van der Waals surface area (Å²) in [7, 11) is 1.98. The van der Waals surface area contributed by atoms with Crippen molar-refractivity contribution in [3.05, 3.63) is 65.5 Å². The number of likely N-dealkylation sites (N-methyl/N-ethyl adjacent to an activating group) is 1. The predicted molar refractivity (Wildman–Crippen MR) is 122 cm³/mol. The average Bonchev–Trinajstić information content (AvgIpc) is 2.70. The van der Waals surface area contributed by atoms with Gasteiger partial charge >= 0.3 is 0 Å². The van der Waals surface area contributed by atoms with Gasteiger partial charge in [-0.1, -0.05) is 38.1 Å². The van der Waals surface area contributed by atoms with Gasteiger partial charge in [0.2, 0.25) is 5.91 Å². The lowest BCUT2D eigenvalue weighted by Gasteiger charge is -2.33. The first-order valence-electron chi connectivity index (χ1n) is 11.1. The van der Waals surface area contributed by atoms with Crippen molar-refractivity contribution >= 4 is 5.91 Å². The van der Waals surface area contributed by atoms with Crippen LogP contribution in [0, 0.1) is 5.92 Å². The molecule has 0 spiro atoms. The Morgan fingerprint density at radius 1 is 1.13 bits per heavy atom. The van der Waals surface area contributed by atoms with Gasteiger partial charge < -0.3 is 5.32 Å². The van der Waals surface area contributed by atoms with Gasteiger partial charge in [-0.15, -0.1) is 0 Å². The van der Waals surface area contributed by atoms with Crippen LogP contribution in [0.1, 0.15) is 43.4 Å². The molecule has 1 N–H and O–H groups in total. The zero-order valence-corrected chi connectivity index (χ0v) is 18.7. The monoisotopic (exact) mass is 408 g/mol. The molecule has 5 nitrogen and oxygen atoms in total. The molecule has 0 bridgehead atoms. The van der Waals surface area contributed by atoms with Crippen LogP contribution in [0.3, 0.4) is 0 Å². The summed E-state index contributed by atoms with van der Waals surface area (Å²) in [5.41, 5.74) is 3.93. The van der Waals surface area contributed by atoms with E-state index in [0.29, 0.717) is 12.5 Å². The van der Waals surface area contributed by atoms with Crippen LogP contribution in [0.25, 0.3) is 0 Å². The first-order chi connectivity index (χ1) is 14.5. The molecule has 2 heterocycles. The standard InChI is InChI=1S/C25H36N4O/c1-20(2)15-21-6-8-22(9-7-21)17-29-14-4-5-24(18-29)27-25(30)19-28(3)16-23-10-12-26-13-11-23/h6-13,20,24H,4-5,14-19H2,1-3H3,(H,27,30)/t24-/m0/s1. The van der Waals surface area contributed by atoms with Crippen molar-refractivity contribution in [1.29, 1.82) is 0 Å². The van der Waals surface area contributed by atoms with Gasteiger partial charge in [-0.3, -0.25) is 19.6 Å². The Morgan fingerprint density at radius 3 is 2.53 bits per heavy atom. The van der Waals surface area contributed by atoms with Crippen LogP contribution in [-0.4, -0.2) is 53.4 Å². The molecule has 0 aliphatic carbocycles. The van der Waals surface area contributed by atoms with Crippen molar-refractivity contribution in [2.45, 2.75) is 52.2 Å². The van der Waals surface area contributed by atoms with E-state index in [1.165, 1.54) is 16.7 Å². The van der Waals surface area contributed by atoms with Crippen LogP contribution in [0.15, 0.2) is 48.8 Å². The fourth-order valence-electron chi connectivity index (χ4n) is 4.20. The second-order valence-electron chi connectivity index (χ2n) is 9.08. The highest BCUT2D eigenvalue weighted by Gasteiger charge is 2.22. The third kappa shape index (κ3) is 7.54. The molecule has 0 unspecified atom stereocenters. The topological polar surface area (TPSA) is 48.5 Å². The first-order valence-corrected chi connectivity index (χ1v) is 11.1. The number of piperidine rings is 1. The summed E-state index contributed by atoms with van der Waals surface area (Å²) < 4.78 is 0. The molecule has 5 heteroatoms. The molecule has 1 saturated heterocycles. The van der Waals surface area contributed by atoms with Crippen molar-refractivity contribution in [1.82, 2.24) is 20.1 Å². The molecule has 30 heavy (non-hydrogen) atoms. The first kappa shape index (κ1) is 22.4. The van der Waals surface area contributed by atoms with Gasteiger partial charge in [0.25, 0.3) is 0 Å². The Kier molecular flexibility index (Phi) is 8.40. The Hall–Kier alpha value is -2.24. The molecule has 1 aromatic carbocycles. The van der Waals surface area contributed by atoms with Crippen LogP contribution in [-0.2, 0) is 24.3 Å². The summed E-state index contributed by atoms with van der Waals surface area (Å²) in [5, 5.41) is 3.25. The Morgan fingerprint density at radius 2 is 1.83 bits per heavy atom. The minimum atomic E-state index is 0.108. The second-order valence-corrected chi connectivity index (χ2v) is 9.08. The number of pyridine rings is 1. The Balaban J connectivity index is 1.43. The molecular weight excluding hydrogens is 372 g/mol. The molecule has 0 saturated carbocycles. The molecule has 1 amide bonds. The molecule has 1 aromatic heterocycles. The number of benzene rings is 1. The molecule has 3 rings (SSSR count). The van der Waals surface area contributed by atoms with E-state index in [2.05, 4.69) is 53.3 Å². The van der Waals surface area contributed by atoms with Crippen molar-refractivity contribution in [3.63, 3.8) is 0 Å². The van der Waals surface area contributed by atoms with Crippen LogP contribution >= 0.6 is 0 Å². The lowest BCUT2D eigenvalue weighted by molar-refractivity contribution is -0.123. The van der Waals surface area contributed by atoms with E-state index in [1.807, 2.05) is 24.1 Å². The SMILES string of the molecule is CC(C)Cc1ccc(CN2CCC[C@H](NC(=O)CN(C)Cc3ccncc3)C2)cc1. The highest BCUT2D eigenvalue weighted by molar-refractivity contribution is 5.78. The molecular formula is C25H36N4O. The Labute approximate surface area is 181 Å². The van der Waals surface area contributed by atoms with Gasteiger partial charge in [0.05, 0.1) is 6.54 Å². The highest BCUT2D eigenvalue weighted by Crippen LogP contribution is 2.16. The van der Waals surface area contributed by atoms with Gasteiger partial charge in [-0.25, -0.2) is 0 Å². The number of hydrogen-bond acceptors (Lipinski definition) is 4. The third-order valence-corrected chi connectivity index (χ3v) is 5.56. The molecule has 2 aromatic rings. The van der Waals surface area contributed by atoms with E-state index in [0.717, 1.165) is 45.4 Å². The molecule has 1 fully saturated rings. The number of carbonyl (C=O) groups is 1. The second kappa shape index (κ2) is 11.2.